The number of benzene rings is 1. The zero-order valence-electron chi connectivity index (χ0n) is 19.0. The van der Waals surface area contributed by atoms with E-state index in [2.05, 4.69) is 15.3 Å². The van der Waals surface area contributed by atoms with E-state index in [1.165, 1.54) is 22.2 Å². The number of carbonyl (C=O) groups is 1. The van der Waals surface area contributed by atoms with Crippen LogP contribution in [0.15, 0.2) is 40.2 Å². The normalized spacial score (nSPS) is 13.9. The van der Waals surface area contributed by atoms with Gasteiger partial charge in [0.2, 0.25) is 5.91 Å². The Morgan fingerprint density at radius 2 is 1.94 bits per heavy atom. The van der Waals surface area contributed by atoms with Gasteiger partial charge in [-0.25, -0.2) is 14.6 Å². The van der Waals surface area contributed by atoms with E-state index in [1.54, 1.807) is 20.7 Å². The molecule has 9 heteroatoms. The Morgan fingerprint density at radius 3 is 2.70 bits per heavy atom. The Hall–Kier alpha value is -2.91. The number of aromatic nitrogens is 4. The number of para-hydroxylation sites is 1. The minimum atomic E-state index is -0.427. The molecule has 1 aliphatic carbocycles. The largest absolute Gasteiger partial charge is 0.319 e. The van der Waals surface area contributed by atoms with E-state index in [4.69, 9.17) is 0 Å². The van der Waals surface area contributed by atoms with Gasteiger partial charge < -0.3 is 5.32 Å². The Balaban J connectivity index is 1.43. The Kier molecular flexibility index (Phi) is 5.62. The number of thioether (sulfide) groups is 1. The minimum absolute atomic E-state index is 0.220. The first-order chi connectivity index (χ1) is 15.8. The third kappa shape index (κ3) is 3.79. The second-order valence-electron chi connectivity index (χ2n) is 8.30. The summed E-state index contributed by atoms with van der Waals surface area (Å²) in [6, 6.07) is 9.40. The summed E-state index contributed by atoms with van der Waals surface area (Å²) in [5.74, 6) is 0.490. The maximum absolute atomic E-state index is 13.1. The van der Waals surface area contributed by atoms with Crippen LogP contribution in [-0.4, -0.2) is 30.5 Å². The first-order valence-electron chi connectivity index (χ1n) is 11.0. The number of amides is 1. The summed E-state index contributed by atoms with van der Waals surface area (Å²) in [4.78, 5) is 38.0. The number of nitrogens with zero attached hydrogens (tertiary/aromatic N) is 4. The van der Waals surface area contributed by atoms with Crippen LogP contribution >= 0.6 is 23.1 Å². The highest BCUT2D eigenvalue weighted by molar-refractivity contribution is 8.00. The second kappa shape index (κ2) is 8.46. The molecule has 170 valence electrons. The summed E-state index contributed by atoms with van der Waals surface area (Å²) in [6.07, 6.45) is 3.29. The predicted octanol–water partition coefficient (Wildman–Crippen LogP) is 4.41. The molecule has 7 nitrogen and oxygen atoms in total. The van der Waals surface area contributed by atoms with E-state index < -0.39 is 5.25 Å². The average Bonchev–Trinajstić information content (AvgIpc) is 3.43. The summed E-state index contributed by atoms with van der Waals surface area (Å²) >= 11 is 3.18. The SMILES string of the molecule is Cc1nc(S[C@H](C)C(=O)Nc2c(C)n(C)n(-c3ccccc3)c2=O)c2c3c(sc2n1)CCC3. The van der Waals surface area contributed by atoms with Crippen LogP contribution < -0.4 is 10.9 Å². The molecule has 0 unspecified atom stereocenters. The molecule has 0 spiro atoms. The Labute approximate surface area is 199 Å². The standard InChI is InChI=1S/C24H25N5O2S2/c1-13-20(24(31)29(28(13)4)16-9-6-5-7-10-16)27-21(30)14(2)32-22-19-17-11-8-12-18(17)33-23(19)26-15(3)25-22/h5-7,9-10,14H,8,11-12H2,1-4H3,(H,27,30)/t14-/m1/s1. The molecule has 3 aromatic heterocycles. The molecule has 0 radical (unpaired) electrons. The molecule has 33 heavy (non-hydrogen) atoms. The third-order valence-corrected chi connectivity index (χ3v) is 8.38. The number of thiophene rings is 1. The van der Waals surface area contributed by atoms with Crippen molar-refractivity contribution in [2.45, 2.75) is 50.3 Å². The molecule has 0 saturated heterocycles. The zero-order chi connectivity index (χ0) is 23.3. The molecule has 4 aromatic rings. The Morgan fingerprint density at radius 1 is 1.18 bits per heavy atom. The molecule has 1 atom stereocenters. The molecular formula is C24H25N5O2S2. The number of carbonyl (C=O) groups excluding carboxylic acids is 1. The number of hydrogen-bond acceptors (Lipinski definition) is 6. The molecule has 0 bridgehead atoms. The number of hydrogen-bond donors (Lipinski definition) is 1. The molecule has 1 aromatic carbocycles. The summed E-state index contributed by atoms with van der Waals surface area (Å²) in [7, 11) is 1.81. The fraction of sp³-hybridized carbons (Fsp3) is 0.333. The van der Waals surface area contributed by atoms with Gasteiger partial charge in [-0.2, -0.15) is 0 Å². The summed E-state index contributed by atoms with van der Waals surface area (Å²) < 4.78 is 3.33. The van der Waals surface area contributed by atoms with E-state index in [0.717, 1.165) is 40.2 Å². The van der Waals surface area contributed by atoms with Crippen LogP contribution in [0.5, 0.6) is 0 Å². The molecule has 3 heterocycles. The first kappa shape index (κ1) is 21.9. The van der Waals surface area contributed by atoms with E-state index in [9.17, 15) is 9.59 Å². The van der Waals surface area contributed by atoms with Crippen LogP contribution in [0.1, 0.15) is 35.3 Å². The van der Waals surface area contributed by atoms with Crippen molar-refractivity contribution in [2.24, 2.45) is 7.05 Å². The van der Waals surface area contributed by atoms with Gasteiger partial charge in [0.25, 0.3) is 5.56 Å². The summed E-state index contributed by atoms with van der Waals surface area (Å²) in [5.41, 5.74) is 2.85. The van der Waals surface area contributed by atoms with Crippen molar-refractivity contribution in [2.75, 3.05) is 5.32 Å². The van der Waals surface area contributed by atoms with Crippen molar-refractivity contribution in [1.29, 1.82) is 0 Å². The van der Waals surface area contributed by atoms with Gasteiger partial charge in [0.15, 0.2) is 0 Å². The van der Waals surface area contributed by atoms with Gasteiger partial charge in [-0.1, -0.05) is 30.0 Å². The number of aryl methyl sites for hydroxylation is 3. The highest BCUT2D eigenvalue weighted by atomic mass is 32.2. The molecular weight excluding hydrogens is 454 g/mol. The van der Waals surface area contributed by atoms with Gasteiger partial charge in [0.1, 0.15) is 21.4 Å². The third-order valence-electron chi connectivity index (χ3n) is 6.10. The highest BCUT2D eigenvalue weighted by Gasteiger charge is 2.26. The molecule has 1 N–H and O–H groups in total. The minimum Gasteiger partial charge on any atom is -0.319 e. The van der Waals surface area contributed by atoms with Crippen molar-refractivity contribution >= 4 is 44.9 Å². The summed E-state index contributed by atoms with van der Waals surface area (Å²) in [5, 5.41) is 4.41. The predicted molar refractivity (Wildman–Crippen MR) is 134 cm³/mol. The van der Waals surface area contributed by atoms with Gasteiger partial charge in [0.05, 0.1) is 16.6 Å². The summed E-state index contributed by atoms with van der Waals surface area (Å²) in [6.45, 7) is 5.57. The van der Waals surface area contributed by atoms with Crippen LogP contribution in [0.4, 0.5) is 5.69 Å². The van der Waals surface area contributed by atoms with E-state index >= 15 is 0 Å². The van der Waals surface area contributed by atoms with Crippen LogP contribution in [0.25, 0.3) is 15.9 Å². The lowest BCUT2D eigenvalue weighted by molar-refractivity contribution is -0.115. The zero-order valence-corrected chi connectivity index (χ0v) is 20.6. The van der Waals surface area contributed by atoms with Gasteiger partial charge in [-0.3, -0.25) is 14.3 Å². The van der Waals surface area contributed by atoms with Crippen molar-refractivity contribution in [3.05, 3.63) is 62.6 Å². The maximum Gasteiger partial charge on any atom is 0.295 e. The van der Waals surface area contributed by atoms with Gasteiger partial charge in [-0.05, 0) is 57.7 Å². The molecule has 0 saturated carbocycles. The Bertz CT molecular complexity index is 1440. The van der Waals surface area contributed by atoms with Gasteiger partial charge >= 0.3 is 0 Å². The van der Waals surface area contributed by atoms with Crippen molar-refractivity contribution in [3.63, 3.8) is 0 Å². The van der Waals surface area contributed by atoms with Crippen LogP contribution in [0.3, 0.4) is 0 Å². The van der Waals surface area contributed by atoms with Crippen molar-refractivity contribution in [3.8, 4) is 5.69 Å². The van der Waals surface area contributed by atoms with E-state index in [1.807, 2.05) is 58.2 Å². The second-order valence-corrected chi connectivity index (χ2v) is 10.7. The average molecular weight is 480 g/mol. The van der Waals surface area contributed by atoms with Crippen molar-refractivity contribution < 1.29 is 4.79 Å². The molecule has 1 aliphatic rings. The number of fused-ring (bicyclic) bond motifs is 3. The molecule has 0 fully saturated rings. The fourth-order valence-electron chi connectivity index (χ4n) is 4.31. The van der Waals surface area contributed by atoms with Gasteiger partial charge in [-0.15, -0.1) is 11.3 Å². The fourth-order valence-corrected chi connectivity index (χ4v) is 6.70. The maximum atomic E-state index is 13.1. The quantitative estimate of drug-likeness (QED) is 0.339. The lowest BCUT2D eigenvalue weighted by Crippen LogP contribution is -2.27. The smallest absolute Gasteiger partial charge is 0.295 e. The molecule has 1 amide bonds. The lowest BCUT2D eigenvalue weighted by Gasteiger charge is -2.12. The number of rotatable bonds is 5. The van der Waals surface area contributed by atoms with Crippen LogP contribution in [0, 0.1) is 13.8 Å². The topological polar surface area (TPSA) is 81.8 Å². The number of nitrogens with one attached hydrogen (secondary N) is 1. The lowest BCUT2D eigenvalue weighted by atomic mass is 10.2. The van der Waals surface area contributed by atoms with E-state index in [-0.39, 0.29) is 11.5 Å². The number of anilines is 1. The molecule has 5 rings (SSSR count). The first-order valence-corrected chi connectivity index (χ1v) is 12.6. The van der Waals surface area contributed by atoms with Crippen molar-refractivity contribution in [1.82, 2.24) is 19.3 Å². The van der Waals surface area contributed by atoms with Crippen LogP contribution in [0.2, 0.25) is 0 Å². The monoisotopic (exact) mass is 479 g/mol. The highest BCUT2D eigenvalue weighted by Crippen LogP contribution is 2.41. The van der Waals surface area contributed by atoms with Gasteiger partial charge in [0, 0.05) is 17.3 Å². The molecule has 0 aliphatic heterocycles. The van der Waals surface area contributed by atoms with Crippen LogP contribution in [-0.2, 0) is 24.7 Å². The van der Waals surface area contributed by atoms with E-state index in [0.29, 0.717) is 17.2 Å².